The van der Waals surface area contributed by atoms with Crippen molar-refractivity contribution in [3.63, 3.8) is 0 Å². The molecule has 1 saturated carbocycles. The first-order chi connectivity index (χ1) is 11.7. The second kappa shape index (κ2) is 6.57. The van der Waals surface area contributed by atoms with Crippen LogP contribution in [0.15, 0.2) is 28.7 Å². The molecule has 3 aromatic rings. The highest BCUT2D eigenvalue weighted by atomic mass is 32.1. The number of thiophene rings is 1. The van der Waals surface area contributed by atoms with Crippen LogP contribution < -0.4 is 4.74 Å². The van der Waals surface area contributed by atoms with Crippen molar-refractivity contribution >= 4 is 21.4 Å². The van der Waals surface area contributed by atoms with Gasteiger partial charge in [0.05, 0.1) is 0 Å². The monoisotopic (exact) mass is 343 g/mol. The van der Waals surface area contributed by atoms with Crippen molar-refractivity contribution < 1.29 is 14.3 Å². The van der Waals surface area contributed by atoms with Gasteiger partial charge in [0.1, 0.15) is 23.8 Å². The van der Waals surface area contributed by atoms with Gasteiger partial charge in [-0.15, -0.1) is 11.3 Å². The van der Waals surface area contributed by atoms with Crippen molar-refractivity contribution in [2.45, 2.75) is 45.1 Å². The van der Waals surface area contributed by atoms with Crippen molar-refractivity contribution in [1.29, 1.82) is 0 Å². The number of hydrogen-bond acceptors (Lipinski definition) is 5. The van der Waals surface area contributed by atoms with E-state index in [2.05, 4.69) is 17.1 Å². The quantitative estimate of drug-likeness (QED) is 0.682. The summed E-state index contributed by atoms with van der Waals surface area (Å²) in [6.07, 6.45) is 4.07. The first-order valence-electron chi connectivity index (χ1n) is 8.46. The standard InChI is InChI=1S/C19H21NO3S/c1-12-16(20-19(23-12)13-7-8-13)11-22-17-5-2-6-18-15(17)10-14(24-18)4-3-9-21/h2,5-6,10,13,21H,3-4,7-9,11H2,1H3. The molecule has 0 atom stereocenters. The Hall–Kier alpha value is -1.85. The summed E-state index contributed by atoms with van der Waals surface area (Å²) in [7, 11) is 0. The first kappa shape index (κ1) is 15.7. The van der Waals surface area contributed by atoms with Gasteiger partial charge in [0.15, 0.2) is 5.89 Å². The van der Waals surface area contributed by atoms with Gasteiger partial charge in [-0.05, 0) is 50.8 Å². The fourth-order valence-electron chi connectivity index (χ4n) is 2.82. The zero-order valence-corrected chi connectivity index (χ0v) is 14.6. The van der Waals surface area contributed by atoms with E-state index in [9.17, 15) is 0 Å². The number of aryl methyl sites for hydroxylation is 2. The molecule has 1 aliphatic rings. The Kier molecular flexibility index (Phi) is 4.29. The van der Waals surface area contributed by atoms with Crippen LogP contribution in [-0.2, 0) is 13.0 Å². The normalized spacial score (nSPS) is 14.4. The number of aliphatic hydroxyl groups excluding tert-OH is 1. The Balaban J connectivity index is 1.52. The highest BCUT2D eigenvalue weighted by Gasteiger charge is 2.29. The molecule has 0 amide bonds. The lowest BCUT2D eigenvalue weighted by Gasteiger charge is -2.05. The Bertz CT molecular complexity index is 848. The highest BCUT2D eigenvalue weighted by molar-refractivity contribution is 7.19. The molecule has 1 aromatic carbocycles. The molecule has 2 aromatic heterocycles. The Morgan fingerprint density at radius 1 is 1.38 bits per heavy atom. The maximum absolute atomic E-state index is 9.00. The molecule has 2 heterocycles. The molecule has 126 valence electrons. The Labute approximate surface area is 145 Å². The van der Waals surface area contributed by atoms with E-state index in [1.807, 2.05) is 19.1 Å². The number of benzene rings is 1. The van der Waals surface area contributed by atoms with Crippen LogP contribution >= 0.6 is 11.3 Å². The fraction of sp³-hybridized carbons (Fsp3) is 0.421. The van der Waals surface area contributed by atoms with E-state index in [4.69, 9.17) is 14.3 Å². The molecule has 0 unspecified atom stereocenters. The maximum Gasteiger partial charge on any atom is 0.197 e. The topological polar surface area (TPSA) is 55.5 Å². The third-order valence-electron chi connectivity index (χ3n) is 4.35. The summed E-state index contributed by atoms with van der Waals surface area (Å²) in [5.74, 6) is 3.13. The molecule has 0 spiro atoms. The van der Waals surface area contributed by atoms with Crippen LogP contribution in [0.3, 0.4) is 0 Å². The van der Waals surface area contributed by atoms with Crippen molar-refractivity contribution in [3.8, 4) is 5.75 Å². The van der Waals surface area contributed by atoms with E-state index in [0.29, 0.717) is 12.5 Å². The van der Waals surface area contributed by atoms with Crippen LogP contribution in [0.1, 0.15) is 47.4 Å². The molecule has 4 nitrogen and oxygen atoms in total. The lowest BCUT2D eigenvalue weighted by molar-refractivity contribution is 0.289. The van der Waals surface area contributed by atoms with Gasteiger partial charge in [-0.3, -0.25) is 0 Å². The van der Waals surface area contributed by atoms with E-state index >= 15 is 0 Å². The van der Waals surface area contributed by atoms with Crippen LogP contribution in [0.4, 0.5) is 0 Å². The molecule has 1 fully saturated rings. The first-order valence-corrected chi connectivity index (χ1v) is 9.27. The minimum atomic E-state index is 0.229. The van der Waals surface area contributed by atoms with Gasteiger partial charge in [-0.25, -0.2) is 4.98 Å². The Morgan fingerprint density at radius 3 is 3.04 bits per heavy atom. The number of hydrogen-bond donors (Lipinski definition) is 1. The summed E-state index contributed by atoms with van der Waals surface area (Å²) in [6, 6.07) is 8.31. The van der Waals surface area contributed by atoms with Crippen molar-refractivity contribution in [2.75, 3.05) is 6.61 Å². The lowest BCUT2D eigenvalue weighted by Crippen LogP contribution is -1.98. The van der Waals surface area contributed by atoms with E-state index < -0.39 is 0 Å². The second-order valence-corrected chi connectivity index (χ2v) is 7.49. The third kappa shape index (κ3) is 3.19. The molecular weight excluding hydrogens is 322 g/mol. The molecule has 24 heavy (non-hydrogen) atoms. The largest absolute Gasteiger partial charge is 0.486 e. The molecular formula is C19H21NO3S. The predicted molar refractivity (Wildman–Crippen MR) is 94.8 cm³/mol. The van der Waals surface area contributed by atoms with E-state index in [-0.39, 0.29) is 6.61 Å². The third-order valence-corrected chi connectivity index (χ3v) is 5.51. The summed E-state index contributed by atoms with van der Waals surface area (Å²) < 4.78 is 13.0. The number of fused-ring (bicyclic) bond motifs is 1. The molecule has 5 heteroatoms. The van der Waals surface area contributed by atoms with Crippen molar-refractivity contribution in [2.24, 2.45) is 0 Å². The van der Waals surface area contributed by atoms with Crippen LogP contribution in [0, 0.1) is 6.92 Å². The van der Waals surface area contributed by atoms with E-state index in [0.717, 1.165) is 41.3 Å². The van der Waals surface area contributed by atoms with Gasteiger partial charge in [0.25, 0.3) is 0 Å². The zero-order valence-electron chi connectivity index (χ0n) is 13.7. The summed E-state index contributed by atoms with van der Waals surface area (Å²) in [5, 5.41) is 10.1. The van der Waals surface area contributed by atoms with Crippen LogP contribution in [-0.4, -0.2) is 16.7 Å². The van der Waals surface area contributed by atoms with Gasteiger partial charge < -0.3 is 14.3 Å². The summed E-state index contributed by atoms with van der Waals surface area (Å²) in [4.78, 5) is 5.88. The van der Waals surface area contributed by atoms with Crippen LogP contribution in [0.5, 0.6) is 5.75 Å². The number of aromatic nitrogens is 1. The van der Waals surface area contributed by atoms with Gasteiger partial charge in [-0.2, -0.15) is 0 Å². The minimum Gasteiger partial charge on any atom is -0.486 e. The smallest absolute Gasteiger partial charge is 0.197 e. The van der Waals surface area contributed by atoms with Crippen molar-refractivity contribution in [1.82, 2.24) is 4.98 Å². The predicted octanol–water partition coefficient (Wildman–Crippen LogP) is 4.58. The molecule has 0 aliphatic heterocycles. The molecule has 0 radical (unpaired) electrons. The van der Waals surface area contributed by atoms with Gasteiger partial charge in [0.2, 0.25) is 0 Å². The SMILES string of the molecule is Cc1oc(C2CC2)nc1COc1cccc2sc(CCCO)cc12. The molecule has 1 N–H and O–H groups in total. The average Bonchev–Trinajstić information content (AvgIpc) is 3.24. The minimum absolute atomic E-state index is 0.229. The molecule has 4 rings (SSSR count). The number of aliphatic hydroxyl groups is 1. The number of oxazole rings is 1. The number of rotatable bonds is 7. The van der Waals surface area contributed by atoms with Gasteiger partial charge in [0, 0.05) is 27.5 Å². The summed E-state index contributed by atoms with van der Waals surface area (Å²) in [6.45, 7) is 2.62. The molecule has 0 bridgehead atoms. The molecule has 1 aliphatic carbocycles. The average molecular weight is 343 g/mol. The maximum atomic E-state index is 9.00. The van der Waals surface area contributed by atoms with Crippen LogP contribution in [0.25, 0.3) is 10.1 Å². The van der Waals surface area contributed by atoms with Crippen molar-refractivity contribution in [3.05, 3.63) is 46.5 Å². The van der Waals surface area contributed by atoms with E-state index in [1.54, 1.807) is 11.3 Å². The van der Waals surface area contributed by atoms with Gasteiger partial charge >= 0.3 is 0 Å². The highest BCUT2D eigenvalue weighted by Crippen LogP contribution is 2.40. The zero-order chi connectivity index (χ0) is 16.5. The van der Waals surface area contributed by atoms with Crippen LogP contribution in [0.2, 0.25) is 0 Å². The summed E-state index contributed by atoms with van der Waals surface area (Å²) >= 11 is 1.77. The number of nitrogens with zero attached hydrogens (tertiary/aromatic N) is 1. The molecule has 0 saturated heterocycles. The number of ether oxygens (including phenoxy) is 1. The Morgan fingerprint density at radius 2 is 2.25 bits per heavy atom. The van der Waals surface area contributed by atoms with E-state index in [1.165, 1.54) is 22.4 Å². The second-order valence-electron chi connectivity index (χ2n) is 6.33. The summed E-state index contributed by atoms with van der Waals surface area (Å²) in [5.41, 5.74) is 0.893. The lowest BCUT2D eigenvalue weighted by atomic mass is 10.2. The van der Waals surface area contributed by atoms with Gasteiger partial charge in [-0.1, -0.05) is 6.07 Å². The fourth-order valence-corrected chi connectivity index (χ4v) is 3.95.